The molecular formula is C22H32N2O3+2. The van der Waals surface area contributed by atoms with Crippen LogP contribution in [0, 0.1) is 6.92 Å². The Bertz CT molecular complexity index is 755. The van der Waals surface area contributed by atoms with Gasteiger partial charge in [0.05, 0.1) is 26.9 Å². The average Bonchev–Trinajstić information content (AvgIpc) is 2.69. The largest absolute Gasteiger partial charge is 0.493 e. The summed E-state index contributed by atoms with van der Waals surface area (Å²) in [5.74, 6) is 2.18. The molecule has 1 aliphatic heterocycles. The molecule has 0 aromatic heterocycles. The highest BCUT2D eigenvalue weighted by Gasteiger charge is 2.25. The van der Waals surface area contributed by atoms with E-state index in [-0.39, 0.29) is 0 Å². The summed E-state index contributed by atoms with van der Waals surface area (Å²) >= 11 is 0. The van der Waals surface area contributed by atoms with Crippen molar-refractivity contribution in [1.82, 2.24) is 0 Å². The van der Waals surface area contributed by atoms with Crippen LogP contribution in [-0.4, -0.2) is 47.5 Å². The lowest BCUT2D eigenvalue weighted by Gasteiger charge is -2.30. The van der Waals surface area contributed by atoms with Crippen LogP contribution in [0.5, 0.6) is 17.2 Å². The maximum atomic E-state index is 5.64. The molecule has 1 aliphatic rings. The number of quaternary nitrogens is 2. The van der Waals surface area contributed by atoms with Crippen LogP contribution in [0.3, 0.4) is 0 Å². The second kappa shape index (κ2) is 9.11. The van der Waals surface area contributed by atoms with Crippen molar-refractivity contribution in [2.75, 3.05) is 47.5 Å². The van der Waals surface area contributed by atoms with Crippen LogP contribution in [0.2, 0.25) is 0 Å². The third-order valence-electron chi connectivity index (χ3n) is 5.43. The lowest BCUT2D eigenvalue weighted by molar-refractivity contribution is -1.02. The van der Waals surface area contributed by atoms with Crippen molar-refractivity contribution in [3.8, 4) is 17.2 Å². The van der Waals surface area contributed by atoms with Crippen molar-refractivity contribution in [2.24, 2.45) is 0 Å². The van der Waals surface area contributed by atoms with E-state index in [1.807, 2.05) is 6.07 Å². The molecule has 0 aliphatic carbocycles. The highest BCUT2D eigenvalue weighted by molar-refractivity contribution is 5.55. The Morgan fingerprint density at radius 3 is 2.04 bits per heavy atom. The number of benzene rings is 2. The SMILES string of the molecule is COc1ccc(C[NH+]2CC[NH+](Cc3cccc(C)c3)CC2)c(OC)c1OC. The van der Waals surface area contributed by atoms with E-state index in [0.29, 0.717) is 11.5 Å². The first-order valence-corrected chi connectivity index (χ1v) is 9.65. The molecule has 0 spiro atoms. The minimum atomic E-state index is 0.681. The second-order valence-electron chi connectivity index (χ2n) is 7.34. The molecule has 2 N–H and O–H groups in total. The van der Waals surface area contributed by atoms with Gasteiger partial charge in [-0.15, -0.1) is 0 Å². The first-order valence-electron chi connectivity index (χ1n) is 9.65. The number of hydrogen-bond acceptors (Lipinski definition) is 3. The van der Waals surface area contributed by atoms with Gasteiger partial charge in [0.25, 0.3) is 0 Å². The van der Waals surface area contributed by atoms with Gasteiger partial charge in [-0.2, -0.15) is 0 Å². The van der Waals surface area contributed by atoms with Crippen LogP contribution < -0.4 is 24.0 Å². The van der Waals surface area contributed by atoms with E-state index < -0.39 is 0 Å². The van der Waals surface area contributed by atoms with Crippen molar-refractivity contribution in [3.63, 3.8) is 0 Å². The van der Waals surface area contributed by atoms with E-state index in [4.69, 9.17) is 14.2 Å². The van der Waals surface area contributed by atoms with Crippen LogP contribution in [0.4, 0.5) is 0 Å². The summed E-state index contributed by atoms with van der Waals surface area (Å²) in [7, 11) is 5.00. The summed E-state index contributed by atoms with van der Waals surface area (Å²) in [6.45, 7) is 8.95. The van der Waals surface area contributed by atoms with Gasteiger partial charge >= 0.3 is 0 Å². The molecule has 1 saturated heterocycles. The van der Waals surface area contributed by atoms with Crippen LogP contribution in [-0.2, 0) is 13.1 Å². The predicted molar refractivity (Wildman–Crippen MR) is 106 cm³/mol. The lowest BCUT2D eigenvalue weighted by Crippen LogP contribution is -3.27. The summed E-state index contributed by atoms with van der Waals surface area (Å²) in [4.78, 5) is 3.26. The summed E-state index contributed by atoms with van der Waals surface area (Å²) in [6.07, 6.45) is 0. The quantitative estimate of drug-likeness (QED) is 0.743. The molecule has 0 saturated carbocycles. The van der Waals surface area contributed by atoms with Gasteiger partial charge in [0.1, 0.15) is 39.3 Å². The standard InChI is InChI=1S/C22H30N2O3/c1-17-6-5-7-18(14-17)15-23-10-12-24(13-11-23)16-19-8-9-20(25-2)22(27-4)21(19)26-3/h5-9,14H,10-13,15-16H2,1-4H3/p+2. The Balaban J connectivity index is 1.61. The Morgan fingerprint density at radius 2 is 1.44 bits per heavy atom. The smallest absolute Gasteiger partial charge is 0.203 e. The number of methoxy groups -OCH3 is 3. The van der Waals surface area contributed by atoms with Gasteiger partial charge in [0, 0.05) is 5.56 Å². The van der Waals surface area contributed by atoms with Crippen LogP contribution in [0.1, 0.15) is 16.7 Å². The molecule has 3 rings (SSSR count). The number of ether oxygens (including phenoxy) is 3. The topological polar surface area (TPSA) is 36.6 Å². The zero-order valence-electron chi connectivity index (χ0n) is 16.9. The molecule has 1 heterocycles. The summed E-state index contributed by atoms with van der Waals surface area (Å²) in [5, 5.41) is 0. The molecule has 2 aromatic rings. The van der Waals surface area contributed by atoms with Crippen LogP contribution >= 0.6 is 0 Å². The van der Waals surface area contributed by atoms with E-state index in [0.717, 1.165) is 18.8 Å². The first-order chi connectivity index (χ1) is 13.1. The Hall–Kier alpha value is -2.24. The third-order valence-corrected chi connectivity index (χ3v) is 5.43. The number of piperazine rings is 1. The molecule has 5 nitrogen and oxygen atoms in total. The van der Waals surface area contributed by atoms with Gasteiger partial charge in [-0.25, -0.2) is 0 Å². The van der Waals surface area contributed by atoms with E-state index in [1.165, 1.54) is 42.9 Å². The summed E-state index contributed by atoms with van der Waals surface area (Å²) < 4.78 is 16.5. The van der Waals surface area contributed by atoms with Gasteiger partial charge < -0.3 is 24.0 Å². The Kier molecular flexibility index (Phi) is 6.58. The molecule has 1 fully saturated rings. The predicted octanol–water partition coefficient (Wildman–Crippen LogP) is 0.504. The molecule has 0 amide bonds. The molecule has 5 heteroatoms. The first kappa shape index (κ1) is 19.5. The van der Waals surface area contributed by atoms with Gasteiger partial charge in [0.2, 0.25) is 5.75 Å². The lowest BCUT2D eigenvalue weighted by atomic mass is 10.1. The monoisotopic (exact) mass is 372 g/mol. The third kappa shape index (κ3) is 4.73. The maximum Gasteiger partial charge on any atom is 0.203 e. The van der Waals surface area contributed by atoms with E-state index in [1.54, 1.807) is 31.1 Å². The van der Waals surface area contributed by atoms with Crippen LogP contribution in [0.15, 0.2) is 36.4 Å². The number of hydrogen-bond donors (Lipinski definition) is 2. The minimum absolute atomic E-state index is 0.681. The van der Waals surface area contributed by atoms with Gasteiger partial charge in [-0.05, 0) is 19.1 Å². The maximum absolute atomic E-state index is 5.64. The molecule has 2 aromatic carbocycles. The average molecular weight is 373 g/mol. The Labute approximate surface area is 162 Å². The molecule has 27 heavy (non-hydrogen) atoms. The molecule has 0 radical (unpaired) electrons. The second-order valence-corrected chi connectivity index (χ2v) is 7.34. The van der Waals surface area contributed by atoms with Crippen molar-refractivity contribution in [1.29, 1.82) is 0 Å². The molecule has 0 atom stereocenters. The Morgan fingerprint density at radius 1 is 0.778 bits per heavy atom. The zero-order chi connectivity index (χ0) is 19.2. The number of aryl methyl sites for hydroxylation is 1. The van der Waals surface area contributed by atoms with Crippen molar-refractivity contribution in [3.05, 3.63) is 53.1 Å². The minimum Gasteiger partial charge on any atom is -0.493 e. The fourth-order valence-corrected chi connectivity index (χ4v) is 3.99. The molecule has 0 bridgehead atoms. The zero-order valence-corrected chi connectivity index (χ0v) is 16.9. The van der Waals surface area contributed by atoms with Gasteiger partial charge in [0.15, 0.2) is 11.5 Å². The van der Waals surface area contributed by atoms with Crippen molar-refractivity contribution >= 4 is 0 Å². The highest BCUT2D eigenvalue weighted by atomic mass is 16.5. The normalized spacial score (nSPS) is 19.6. The van der Waals surface area contributed by atoms with E-state index >= 15 is 0 Å². The fraction of sp³-hybridized carbons (Fsp3) is 0.455. The summed E-state index contributed by atoms with van der Waals surface area (Å²) in [6, 6.07) is 12.9. The van der Waals surface area contributed by atoms with Gasteiger partial charge in [-0.3, -0.25) is 0 Å². The fourth-order valence-electron chi connectivity index (χ4n) is 3.99. The molecule has 0 unspecified atom stereocenters. The number of nitrogens with one attached hydrogen (secondary N) is 2. The summed E-state index contributed by atoms with van der Waals surface area (Å²) in [5.41, 5.74) is 3.96. The van der Waals surface area contributed by atoms with Crippen molar-refractivity contribution in [2.45, 2.75) is 20.0 Å². The van der Waals surface area contributed by atoms with E-state index in [9.17, 15) is 0 Å². The van der Waals surface area contributed by atoms with E-state index in [2.05, 4.69) is 37.3 Å². The number of rotatable bonds is 7. The van der Waals surface area contributed by atoms with Crippen molar-refractivity contribution < 1.29 is 24.0 Å². The van der Waals surface area contributed by atoms with Crippen LogP contribution in [0.25, 0.3) is 0 Å². The molecule has 146 valence electrons. The van der Waals surface area contributed by atoms with Gasteiger partial charge in [-0.1, -0.05) is 29.8 Å². The molecular weight excluding hydrogens is 340 g/mol. The highest BCUT2D eigenvalue weighted by Crippen LogP contribution is 2.39.